The van der Waals surface area contributed by atoms with Crippen LogP contribution in [-0.2, 0) is 0 Å². The van der Waals surface area contributed by atoms with Gasteiger partial charge in [0.25, 0.3) is 5.91 Å². The molecule has 3 N–H and O–H groups in total. The minimum absolute atomic E-state index is 0.00149. The van der Waals surface area contributed by atoms with Crippen molar-refractivity contribution in [3.05, 3.63) is 29.1 Å². The monoisotopic (exact) mass is 252 g/mol. The van der Waals surface area contributed by atoms with E-state index in [-0.39, 0.29) is 11.0 Å². The normalized spacial score (nSPS) is 11.4. The number of nitrogens with one attached hydrogen (secondary N) is 1. The molecule has 0 fully saturated rings. The second kappa shape index (κ2) is 5.38. The Balaban J connectivity index is 2.85. The largest absolute Gasteiger partial charge is 0.399 e. The van der Waals surface area contributed by atoms with Gasteiger partial charge in [-0.05, 0) is 36.5 Å². The van der Waals surface area contributed by atoms with E-state index < -0.39 is 11.7 Å². The van der Waals surface area contributed by atoms with E-state index in [1.165, 1.54) is 12.1 Å². The minimum Gasteiger partial charge on any atom is -0.399 e. The molecule has 0 unspecified atom stereocenters. The van der Waals surface area contributed by atoms with Crippen LogP contribution in [0.5, 0.6) is 0 Å². The summed E-state index contributed by atoms with van der Waals surface area (Å²) in [7, 11) is 0. The number of aryl methyl sites for hydroxylation is 1. The van der Waals surface area contributed by atoms with E-state index in [1.54, 1.807) is 6.92 Å². The van der Waals surface area contributed by atoms with Crippen LogP contribution in [0.4, 0.5) is 10.1 Å². The summed E-state index contributed by atoms with van der Waals surface area (Å²) in [5.41, 5.74) is 6.42. The molecule has 1 amide bonds. The number of benzene rings is 1. The molecule has 0 aliphatic carbocycles. The number of nitrogen functional groups attached to an aromatic ring is 1. The Bertz CT molecular complexity index is 455. The Morgan fingerprint density at radius 2 is 2.06 bits per heavy atom. The van der Waals surface area contributed by atoms with Crippen molar-refractivity contribution in [2.45, 2.75) is 34.1 Å². The van der Waals surface area contributed by atoms with Gasteiger partial charge in [0.1, 0.15) is 5.82 Å². The lowest BCUT2D eigenvalue weighted by atomic mass is 9.90. The molecule has 0 aliphatic rings. The molecule has 0 aromatic heterocycles. The fraction of sp³-hybridized carbons (Fsp3) is 0.500. The van der Waals surface area contributed by atoms with Crippen LogP contribution in [0.25, 0.3) is 0 Å². The van der Waals surface area contributed by atoms with Crippen LogP contribution in [0.3, 0.4) is 0 Å². The summed E-state index contributed by atoms with van der Waals surface area (Å²) in [6, 6.07) is 2.89. The van der Waals surface area contributed by atoms with E-state index >= 15 is 0 Å². The Morgan fingerprint density at radius 3 is 2.61 bits per heavy atom. The highest BCUT2D eigenvalue weighted by atomic mass is 19.1. The first kappa shape index (κ1) is 14.5. The molecule has 0 heterocycles. The number of anilines is 1. The molecule has 0 bridgehead atoms. The summed E-state index contributed by atoms with van der Waals surface area (Å²) in [5.74, 6) is -0.916. The quantitative estimate of drug-likeness (QED) is 0.809. The van der Waals surface area contributed by atoms with Crippen LogP contribution in [0.15, 0.2) is 12.1 Å². The van der Waals surface area contributed by atoms with Crippen molar-refractivity contribution in [1.82, 2.24) is 5.32 Å². The number of halogens is 1. The maximum absolute atomic E-state index is 13.8. The van der Waals surface area contributed by atoms with Crippen molar-refractivity contribution in [3.63, 3.8) is 0 Å². The van der Waals surface area contributed by atoms with Crippen molar-refractivity contribution in [2.24, 2.45) is 5.41 Å². The topological polar surface area (TPSA) is 55.1 Å². The molecule has 0 spiro atoms. The number of hydrogen-bond donors (Lipinski definition) is 2. The van der Waals surface area contributed by atoms with E-state index in [0.717, 1.165) is 6.42 Å². The van der Waals surface area contributed by atoms with Gasteiger partial charge in [-0.25, -0.2) is 4.39 Å². The minimum atomic E-state index is -0.504. The van der Waals surface area contributed by atoms with Crippen LogP contribution in [0, 0.1) is 18.2 Å². The maximum atomic E-state index is 13.8. The highest BCUT2D eigenvalue weighted by Gasteiger charge is 2.19. The van der Waals surface area contributed by atoms with Gasteiger partial charge in [0.15, 0.2) is 0 Å². The van der Waals surface area contributed by atoms with Gasteiger partial charge in [-0.1, -0.05) is 20.8 Å². The molecular weight excluding hydrogens is 231 g/mol. The van der Waals surface area contributed by atoms with E-state index in [9.17, 15) is 9.18 Å². The molecule has 0 radical (unpaired) electrons. The van der Waals surface area contributed by atoms with Gasteiger partial charge in [-0.15, -0.1) is 0 Å². The Hall–Kier alpha value is -1.58. The summed E-state index contributed by atoms with van der Waals surface area (Å²) < 4.78 is 13.8. The van der Waals surface area contributed by atoms with Crippen LogP contribution < -0.4 is 11.1 Å². The summed E-state index contributed by atoms with van der Waals surface area (Å²) in [6.07, 6.45) is 0.936. The second-order valence-corrected chi connectivity index (χ2v) is 5.40. The first-order chi connectivity index (χ1) is 8.26. The van der Waals surface area contributed by atoms with Crippen LogP contribution in [0.1, 0.15) is 43.1 Å². The Kier molecular flexibility index (Phi) is 4.33. The van der Waals surface area contributed by atoms with Gasteiger partial charge in [0.05, 0.1) is 5.56 Å². The van der Waals surface area contributed by atoms with Gasteiger partial charge in [0, 0.05) is 12.2 Å². The molecule has 0 saturated carbocycles. The summed E-state index contributed by atoms with van der Waals surface area (Å²) in [6.45, 7) is 8.26. The van der Waals surface area contributed by atoms with Gasteiger partial charge in [-0.3, -0.25) is 4.79 Å². The first-order valence-electron chi connectivity index (χ1n) is 6.10. The number of nitrogens with two attached hydrogens (primary N) is 1. The molecule has 0 atom stereocenters. The third-order valence-electron chi connectivity index (χ3n) is 3.21. The van der Waals surface area contributed by atoms with Crippen LogP contribution in [0.2, 0.25) is 0 Å². The summed E-state index contributed by atoms with van der Waals surface area (Å²) in [5, 5.41) is 2.75. The zero-order valence-electron chi connectivity index (χ0n) is 11.4. The molecule has 1 aromatic rings. The average Bonchev–Trinajstić information content (AvgIpc) is 2.31. The first-order valence-corrected chi connectivity index (χ1v) is 6.10. The lowest BCUT2D eigenvalue weighted by Crippen LogP contribution is -2.34. The highest BCUT2D eigenvalue weighted by Crippen LogP contribution is 2.20. The third kappa shape index (κ3) is 3.45. The highest BCUT2D eigenvalue weighted by molar-refractivity contribution is 5.95. The van der Waals surface area contributed by atoms with E-state index in [2.05, 4.69) is 12.2 Å². The summed E-state index contributed by atoms with van der Waals surface area (Å²) >= 11 is 0. The lowest BCUT2D eigenvalue weighted by Gasteiger charge is -2.23. The number of rotatable bonds is 4. The molecular formula is C14H21FN2O. The second-order valence-electron chi connectivity index (χ2n) is 5.40. The number of hydrogen-bond acceptors (Lipinski definition) is 2. The van der Waals surface area contributed by atoms with Crippen molar-refractivity contribution in [2.75, 3.05) is 12.3 Å². The maximum Gasteiger partial charge on any atom is 0.254 e. The van der Waals surface area contributed by atoms with Crippen molar-refractivity contribution in [3.8, 4) is 0 Å². The fourth-order valence-electron chi connectivity index (χ4n) is 1.50. The Morgan fingerprint density at radius 1 is 1.44 bits per heavy atom. The number of carbonyl (C=O) groups excluding carboxylic acids is 1. The standard InChI is InChI=1S/C14H21FN2O/c1-5-14(3,4)8-17-13(18)11-7-10(16)6-9(2)12(11)15/h6-7H,5,8,16H2,1-4H3,(H,17,18). The van der Waals surface area contributed by atoms with E-state index in [4.69, 9.17) is 5.73 Å². The van der Waals surface area contributed by atoms with Gasteiger partial charge in [0.2, 0.25) is 0 Å². The molecule has 0 aliphatic heterocycles. The van der Waals surface area contributed by atoms with Gasteiger partial charge < -0.3 is 11.1 Å². The van der Waals surface area contributed by atoms with Crippen LogP contribution in [-0.4, -0.2) is 12.5 Å². The van der Waals surface area contributed by atoms with Gasteiger partial charge in [-0.2, -0.15) is 0 Å². The number of carbonyl (C=O) groups is 1. The molecule has 18 heavy (non-hydrogen) atoms. The van der Waals surface area contributed by atoms with E-state index in [0.29, 0.717) is 17.8 Å². The van der Waals surface area contributed by atoms with E-state index in [1.807, 2.05) is 13.8 Å². The molecule has 0 saturated heterocycles. The van der Waals surface area contributed by atoms with Crippen LogP contribution >= 0.6 is 0 Å². The van der Waals surface area contributed by atoms with Crippen molar-refractivity contribution >= 4 is 11.6 Å². The zero-order chi connectivity index (χ0) is 13.9. The predicted octanol–water partition coefficient (Wildman–Crippen LogP) is 2.88. The zero-order valence-corrected chi connectivity index (χ0v) is 11.4. The number of amides is 1. The predicted molar refractivity (Wildman–Crippen MR) is 72.0 cm³/mol. The molecule has 3 nitrogen and oxygen atoms in total. The lowest BCUT2D eigenvalue weighted by molar-refractivity contribution is 0.0931. The average molecular weight is 252 g/mol. The molecule has 100 valence electrons. The fourth-order valence-corrected chi connectivity index (χ4v) is 1.50. The molecule has 1 aromatic carbocycles. The third-order valence-corrected chi connectivity index (χ3v) is 3.21. The Labute approximate surface area is 108 Å². The van der Waals surface area contributed by atoms with Gasteiger partial charge >= 0.3 is 0 Å². The molecule has 4 heteroatoms. The van der Waals surface area contributed by atoms with Crippen molar-refractivity contribution < 1.29 is 9.18 Å². The summed E-state index contributed by atoms with van der Waals surface area (Å²) in [4.78, 5) is 11.9. The molecule has 1 rings (SSSR count). The SMILES string of the molecule is CCC(C)(C)CNC(=O)c1cc(N)cc(C)c1F. The van der Waals surface area contributed by atoms with Crippen molar-refractivity contribution in [1.29, 1.82) is 0 Å². The smallest absolute Gasteiger partial charge is 0.254 e.